The normalized spacial score (nSPS) is 16.5. The van der Waals surface area contributed by atoms with E-state index in [1.54, 1.807) is 7.11 Å². The van der Waals surface area contributed by atoms with Crippen LogP contribution in [-0.2, 0) is 0 Å². The fourth-order valence-corrected chi connectivity index (χ4v) is 3.79. The molecule has 2 heterocycles. The maximum absolute atomic E-state index is 5.42. The second kappa shape index (κ2) is 5.91. The van der Waals surface area contributed by atoms with Crippen LogP contribution >= 0.6 is 23.7 Å². The fraction of sp³-hybridized carbons (Fsp3) is 0.429. The molecule has 1 aromatic carbocycles. The van der Waals surface area contributed by atoms with Crippen molar-refractivity contribution in [3.8, 4) is 5.75 Å². The topological polar surface area (TPSA) is 21.3 Å². The molecule has 2 nitrogen and oxygen atoms in total. The Hall–Kier alpha value is -0.770. The Bertz CT molecular complexity index is 519. The van der Waals surface area contributed by atoms with E-state index in [0.717, 1.165) is 24.8 Å². The Morgan fingerprint density at radius 3 is 2.78 bits per heavy atom. The molecule has 3 rings (SSSR count). The molecular formula is C14H18ClNOS. The predicted molar refractivity (Wildman–Crippen MR) is 80.5 cm³/mol. The largest absolute Gasteiger partial charge is 0.496 e. The van der Waals surface area contributed by atoms with Gasteiger partial charge in [-0.15, -0.1) is 23.7 Å². The summed E-state index contributed by atoms with van der Waals surface area (Å²) in [4.78, 5) is 1.52. The van der Waals surface area contributed by atoms with Gasteiger partial charge in [0.15, 0.2) is 0 Å². The van der Waals surface area contributed by atoms with Crippen LogP contribution in [0.5, 0.6) is 5.75 Å². The molecule has 1 saturated heterocycles. The van der Waals surface area contributed by atoms with Crippen molar-refractivity contribution < 1.29 is 4.74 Å². The number of hydrogen-bond donors (Lipinski definition) is 1. The molecule has 0 amide bonds. The summed E-state index contributed by atoms with van der Waals surface area (Å²) >= 11 is 1.93. The van der Waals surface area contributed by atoms with Crippen LogP contribution in [0.25, 0.3) is 10.1 Å². The first-order valence-corrected chi connectivity index (χ1v) is 6.97. The van der Waals surface area contributed by atoms with Gasteiger partial charge in [-0.05, 0) is 50.0 Å². The smallest absolute Gasteiger partial charge is 0.127 e. The van der Waals surface area contributed by atoms with Crippen molar-refractivity contribution in [2.45, 2.75) is 18.8 Å². The maximum Gasteiger partial charge on any atom is 0.127 e. The van der Waals surface area contributed by atoms with E-state index in [4.69, 9.17) is 4.74 Å². The van der Waals surface area contributed by atoms with Crippen LogP contribution < -0.4 is 10.1 Å². The minimum atomic E-state index is 0. The highest BCUT2D eigenvalue weighted by molar-refractivity contribution is 7.19. The summed E-state index contributed by atoms with van der Waals surface area (Å²) in [6, 6.07) is 8.63. The fourth-order valence-electron chi connectivity index (χ4n) is 2.54. The number of fused-ring (bicyclic) bond motifs is 1. The van der Waals surface area contributed by atoms with Gasteiger partial charge >= 0.3 is 0 Å². The SMILES string of the molecule is COc1cccc2sc(C3CCNCC3)cc12.Cl. The third-order valence-corrected chi connectivity index (χ3v) is 4.76. The van der Waals surface area contributed by atoms with E-state index in [0.29, 0.717) is 0 Å². The van der Waals surface area contributed by atoms with Crippen molar-refractivity contribution in [3.63, 3.8) is 0 Å². The van der Waals surface area contributed by atoms with Crippen molar-refractivity contribution >= 4 is 33.8 Å². The van der Waals surface area contributed by atoms with Crippen LogP contribution in [0, 0.1) is 0 Å². The number of thiophene rings is 1. The van der Waals surface area contributed by atoms with Crippen molar-refractivity contribution in [1.29, 1.82) is 0 Å². The monoisotopic (exact) mass is 283 g/mol. The van der Waals surface area contributed by atoms with Crippen LogP contribution in [0.1, 0.15) is 23.6 Å². The Morgan fingerprint density at radius 1 is 1.28 bits per heavy atom. The Labute approximate surface area is 118 Å². The second-order valence-electron chi connectivity index (χ2n) is 4.55. The summed E-state index contributed by atoms with van der Waals surface area (Å²) in [7, 11) is 1.75. The molecule has 1 fully saturated rings. The molecule has 18 heavy (non-hydrogen) atoms. The molecule has 0 aliphatic carbocycles. The molecule has 0 unspecified atom stereocenters. The van der Waals surface area contributed by atoms with Crippen molar-refractivity contribution in [1.82, 2.24) is 5.32 Å². The van der Waals surface area contributed by atoms with Crippen LogP contribution in [0.4, 0.5) is 0 Å². The zero-order valence-electron chi connectivity index (χ0n) is 10.4. The van der Waals surface area contributed by atoms with E-state index in [1.165, 1.54) is 27.8 Å². The number of piperidine rings is 1. The molecule has 0 atom stereocenters. The Morgan fingerprint density at radius 2 is 2.06 bits per heavy atom. The zero-order chi connectivity index (χ0) is 11.7. The van der Waals surface area contributed by atoms with Crippen molar-refractivity contribution in [2.75, 3.05) is 20.2 Å². The molecule has 1 aliphatic rings. The van der Waals surface area contributed by atoms with Gasteiger partial charge in [-0.1, -0.05) is 6.07 Å². The van der Waals surface area contributed by atoms with Crippen molar-refractivity contribution in [3.05, 3.63) is 29.1 Å². The summed E-state index contributed by atoms with van der Waals surface area (Å²) in [5.74, 6) is 1.73. The van der Waals surface area contributed by atoms with Gasteiger partial charge in [-0.2, -0.15) is 0 Å². The van der Waals surface area contributed by atoms with Gasteiger partial charge in [-0.3, -0.25) is 0 Å². The van der Waals surface area contributed by atoms with Crippen LogP contribution in [0.15, 0.2) is 24.3 Å². The summed E-state index contributed by atoms with van der Waals surface area (Å²) in [5.41, 5.74) is 0. The highest BCUT2D eigenvalue weighted by atomic mass is 35.5. The van der Waals surface area contributed by atoms with Gasteiger partial charge in [0, 0.05) is 15.0 Å². The first-order chi connectivity index (χ1) is 8.38. The van der Waals surface area contributed by atoms with E-state index in [9.17, 15) is 0 Å². The molecule has 98 valence electrons. The lowest BCUT2D eigenvalue weighted by Gasteiger charge is -2.21. The molecule has 1 N–H and O–H groups in total. The average molecular weight is 284 g/mol. The highest BCUT2D eigenvalue weighted by Gasteiger charge is 2.18. The number of methoxy groups -OCH3 is 1. The van der Waals surface area contributed by atoms with Gasteiger partial charge in [0.2, 0.25) is 0 Å². The molecule has 0 radical (unpaired) electrons. The van der Waals surface area contributed by atoms with E-state index >= 15 is 0 Å². The van der Waals surface area contributed by atoms with E-state index in [-0.39, 0.29) is 12.4 Å². The highest BCUT2D eigenvalue weighted by Crippen LogP contribution is 2.38. The lowest BCUT2D eigenvalue weighted by atomic mass is 9.96. The Balaban J connectivity index is 0.00000120. The van der Waals surface area contributed by atoms with Crippen LogP contribution in [0.3, 0.4) is 0 Å². The number of benzene rings is 1. The second-order valence-corrected chi connectivity index (χ2v) is 5.66. The lowest BCUT2D eigenvalue weighted by Crippen LogP contribution is -2.26. The van der Waals surface area contributed by atoms with Gasteiger partial charge in [-0.25, -0.2) is 0 Å². The summed E-state index contributed by atoms with van der Waals surface area (Å²) in [6.45, 7) is 2.30. The van der Waals surface area contributed by atoms with E-state index in [2.05, 4.69) is 23.5 Å². The quantitative estimate of drug-likeness (QED) is 0.905. The number of hydrogen-bond acceptors (Lipinski definition) is 3. The average Bonchev–Trinajstić information content (AvgIpc) is 2.83. The van der Waals surface area contributed by atoms with Crippen molar-refractivity contribution in [2.24, 2.45) is 0 Å². The van der Waals surface area contributed by atoms with E-state index in [1.807, 2.05) is 17.4 Å². The zero-order valence-corrected chi connectivity index (χ0v) is 12.1. The standard InChI is InChI=1S/C14H17NOS.ClH/c1-16-12-3-2-4-13-11(12)9-14(17-13)10-5-7-15-8-6-10;/h2-4,9-10,15H,5-8H2,1H3;1H. The number of rotatable bonds is 2. The first kappa shape index (κ1) is 13.7. The van der Waals surface area contributed by atoms with Gasteiger partial charge in [0.1, 0.15) is 5.75 Å². The minimum Gasteiger partial charge on any atom is -0.496 e. The predicted octanol–water partition coefficient (Wildman–Crippen LogP) is 3.80. The lowest BCUT2D eigenvalue weighted by molar-refractivity contribution is 0.420. The minimum absolute atomic E-state index is 0. The van der Waals surface area contributed by atoms with Crippen LogP contribution in [0.2, 0.25) is 0 Å². The molecule has 0 saturated carbocycles. The summed E-state index contributed by atoms with van der Waals surface area (Å²) < 4.78 is 6.77. The molecule has 0 bridgehead atoms. The summed E-state index contributed by atoms with van der Waals surface area (Å²) in [5, 5.41) is 4.69. The third-order valence-electron chi connectivity index (χ3n) is 3.50. The molecule has 0 spiro atoms. The first-order valence-electron chi connectivity index (χ1n) is 6.15. The molecule has 1 aliphatic heterocycles. The molecule has 2 aromatic rings. The third kappa shape index (κ3) is 2.48. The molecular weight excluding hydrogens is 266 g/mol. The maximum atomic E-state index is 5.42. The number of halogens is 1. The van der Waals surface area contributed by atoms with Crippen LogP contribution in [-0.4, -0.2) is 20.2 Å². The van der Waals surface area contributed by atoms with Gasteiger partial charge < -0.3 is 10.1 Å². The molecule has 1 aromatic heterocycles. The Kier molecular flexibility index (Phi) is 4.49. The van der Waals surface area contributed by atoms with Gasteiger partial charge in [0.05, 0.1) is 7.11 Å². The van der Waals surface area contributed by atoms with E-state index < -0.39 is 0 Å². The van der Waals surface area contributed by atoms with Gasteiger partial charge in [0.25, 0.3) is 0 Å². The number of ether oxygens (including phenoxy) is 1. The number of nitrogens with one attached hydrogen (secondary N) is 1. The molecule has 4 heteroatoms. The summed E-state index contributed by atoms with van der Waals surface area (Å²) in [6.07, 6.45) is 2.52.